The zero-order valence-electron chi connectivity index (χ0n) is 77.7. The van der Waals surface area contributed by atoms with Crippen LogP contribution in [0, 0.1) is 60.2 Å². The Hall–Kier alpha value is -11.8. The van der Waals surface area contributed by atoms with E-state index in [1.165, 1.54) is 30.9 Å². The number of hydrazine groups is 1. The van der Waals surface area contributed by atoms with Crippen molar-refractivity contribution in [2.24, 2.45) is 53.3 Å². The summed E-state index contributed by atoms with van der Waals surface area (Å²) < 4.78 is 25.1. The number of hydrogen-bond donors (Lipinski definition) is 13. The van der Waals surface area contributed by atoms with Gasteiger partial charge in [-0.2, -0.15) is 0 Å². The molecule has 8 heterocycles. The lowest BCUT2D eigenvalue weighted by atomic mass is 9.77. The zero-order chi connectivity index (χ0) is 96.3. The molecule has 10 aliphatic rings. The molecule has 0 bridgehead atoms. The van der Waals surface area contributed by atoms with E-state index in [0.29, 0.717) is 51.3 Å². The Kier molecular flexibility index (Phi) is 26.6. The summed E-state index contributed by atoms with van der Waals surface area (Å²) >= 11 is 0. The predicted octanol–water partition coefficient (Wildman–Crippen LogP) is 4.00. The van der Waals surface area contributed by atoms with Gasteiger partial charge in [0.15, 0.2) is 29.4 Å². The van der Waals surface area contributed by atoms with E-state index >= 15 is 33.6 Å². The summed E-state index contributed by atoms with van der Waals surface area (Å²) in [6.45, 7) is 21.9. The molecule has 5 aromatic rings. The van der Waals surface area contributed by atoms with E-state index < -0.39 is 258 Å². The van der Waals surface area contributed by atoms with Crippen LogP contribution in [0.1, 0.15) is 195 Å². The molecule has 35 nitrogen and oxygen atoms in total. The van der Waals surface area contributed by atoms with Crippen LogP contribution in [0.25, 0.3) is 11.1 Å². The van der Waals surface area contributed by atoms with Gasteiger partial charge < -0.3 is 96.4 Å². The van der Waals surface area contributed by atoms with E-state index in [9.17, 15) is 59.1 Å². The van der Waals surface area contributed by atoms with Crippen molar-refractivity contribution in [3.63, 3.8) is 0 Å². The second kappa shape index (κ2) is 36.9. The first-order chi connectivity index (χ1) is 62.7. The number of nitrogens with one attached hydrogen (secondary N) is 8. The summed E-state index contributed by atoms with van der Waals surface area (Å²) in [7, 11) is 3.75. The van der Waals surface area contributed by atoms with Crippen LogP contribution < -0.4 is 52.3 Å². The number of fused-ring (bicyclic) bond motifs is 18. The number of piperidine rings is 1. The Labute approximate surface area is 771 Å². The molecular weight excluding hydrogens is 1710 g/mol. The molecule has 5 saturated heterocycles. The fourth-order valence-corrected chi connectivity index (χ4v) is 21.2. The third-order valence-electron chi connectivity index (χ3n) is 28.5. The van der Waals surface area contributed by atoms with Crippen molar-refractivity contribution in [2.45, 2.75) is 256 Å². The fourth-order valence-electron chi connectivity index (χ4n) is 21.2. The van der Waals surface area contributed by atoms with E-state index in [1.807, 2.05) is 69.2 Å². The predicted molar refractivity (Wildman–Crippen MR) is 480 cm³/mol. The van der Waals surface area contributed by atoms with Crippen molar-refractivity contribution >= 4 is 94.0 Å². The minimum atomic E-state index is -2.22. The molecule has 712 valence electrons. The summed E-state index contributed by atoms with van der Waals surface area (Å²) in [6, 6.07) is 10.2. The first kappa shape index (κ1) is 95.8. The summed E-state index contributed by atoms with van der Waals surface area (Å²) in [5.41, 5.74) is 1.96. The van der Waals surface area contributed by atoms with E-state index in [1.54, 1.807) is 112 Å². The molecule has 1 spiro atoms. The van der Waals surface area contributed by atoms with Gasteiger partial charge in [0.2, 0.25) is 35.4 Å². The number of anilines is 2. The van der Waals surface area contributed by atoms with Gasteiger partial charge in [0, 0.05) is 98.3 Å². The van der Waals surface area contributed by atoms with Gasteiger partial charge in [-0.25, -0.2) is 19.8 Å². The Morgan fingerprint density at radius 3 is 1.82 bits per heavy atom. The number of aryl methyl sites for hydroxylation is 1. The van der Waals surface area contributed by atoms with Crippen molar-refractivity contribution in [3.8, 4) is 22.6 Å². The van der Waals surface area contributed by atoms with Gasteiger partial charge in [0.1, 0.15) is 65.0 Å². The van der Waals surface area contributed by atoms with Crippen LogP contribution in [0.15, 0.2) is 91.0 Å². The first-order valence-electron chi connectivity index (χ1n) is 46.2. The number of aliphatic hydroxyl groups excluding tert-OH is 3. The number of amides is 9. The van der Waals surface area contributed by atoms with Crippen molar-refractivity contribution in [3.05, 3.63) is 141 Å². The molecule has 35 heteroatoms. The van der Waals surface area contributed by atoms with Crippen LogP contribution in [0.2, 0.25) is 0 Å². The number of aliphatic hydroxyl groups is 5. The number of nitrogens with zero attached hydrogens (tertiary/aromatic N) is 4. The number of hydrogen-bond acceptors (Lipinski definition) is 26. The van der Waals surface area contributed by atoms with Gasteiger partial charge >= 0.3 is 17.9 Å². The number of Topliss-reactive ketones (excluding diaryl/α,β-unsaturated/α-hetero) is 2. The van der Waals surface area contributed by atoms with Crippen molar-refractivity contribution in [2.75, 3.05) is 43.9 Å². The van der Waals surface area contributed by atoms with Crippen molar-refractivity contribution < 1.29 is 112 Å². The van der Waals surface area contributed by atoms with Gasteiger partial charge in [-0.1, -0.05) is 113 Å². The Morgan fingerprint density at radius 2 is 1.18 bits per heavy atom. The highest BCUT2D eigenvalue weighted by Gasteiger charge is 2.65. The number of carbonyl (C=O) groups excluding carboxylic acids is 14. The highest BCUT2D eigenvalue weighted by Crippen LogP contribution is 2.59. The van der Waals surface area contributed by atoms with Crippen LogP contribution in [0.4, 0.5) is 11.4 Å². The monoisotopic (exact) mass is 1830 g/mol. The number of cyclic esters (lactones) is 2. The Bertz CT molecular complexity index is 5560. The maximum atomic E-state index is 16.2. The van der Waals surface area contributed by atoms with Gasteiger partial charge in [-0.15, -0.1) is 0 Å². The lowest BCUT2D eigenvalue weighted by molar-refractivity contribution is -0.172. The van der Waals surface area contributed by atoms with Crippen molar-refractivity contribution in [1.82, 2.24) is 52.1 Å². The van der Waals surface area contributed by atoms with Crippen LogP contribution in [-0.2, 0) is 95.0 Å². The largest absolute Gasteiger partial charge is 0.456 e. The lowest BCUT2D eigenvalue weighted by Crippen LogP contribution is -2.65. The highest BCUT2D eigenvalue weighted by molar-refractivity contribution is 6.05. The molecule has 6 fully saturated rings. The van der Waals surface area contributed by atoms with E-state index in [-0.39, 0.29) is 78.5 Å². The van der Waals surface area contributed by atoms with Crippen LogP contribution >= 0.6 is 0 Å². The lowest BCUT2D eigenvalue weighted by Gasteiger charge is -2.40. The van der Waals surface area contributed by atoms with E-state index in [4.69, 9.17) is 18.9 Å². The Balaban J connectivity index is 0.753. The molecule has 22 atom stereocenters. The average Bonchev–Trinajstić information content (AvgIpc) is 1.61. The maximum Gasteiger partial charge on any atom is 0.340 e. The average molecular weight is 1840 g/mol. The fraction of sp³-hybridized carbons (Fsp3) is 0.551. The number of ether oxygens (including phenoxy) is 4. The molecule has 9 amide bonds. The molecule has 5 aromatic carbocycles. The standard InChI is InChI=1S/C98H122N12O23/c1-43(2)29-67-72(114)38-58(50(13)111)90(122)109-71(89(121)105-78(45(5)6)95(127)132-82(47(9)10)92(124)110-70(88(120)102-67)37-57(113)41-100-110)40-96(128)64-33-52(18-19-54(64)35-75(96)109)53-21-26-66-65(34-53)97(129)39-60-76(83(97)101-66)80(115)79(51(14)112)106-86(118)68(103-87(119)69-30-49(12)27-28-108(69)91(123)81(46(7)8)131-94(126)77(44(3)4)104-85(60)117)42-99-84(116)55-20-24-61-59(32-55)93(125)133-98(61)62-23-17-48(11)31-73(62)130-74-36-56(107(15)16)22-25-63(74)98/h17-26,31-34,36,43-47,49-51,57-58,60,67-71,75-79,81-83,100-101,111-113,128-129H,27-30,35,37-42H2,1-16H3,(H,99,116)(H,102,120)(H,103,119)(H,104,117)(H,105,121)(H,106,118)/t49-,50-,51-,57+,58+,60+,67-,68-,69+,70+,71-,75+,76?,77+,78+,79+,81-,82-,83-,96+,97+,98?/m0/s1. The summed E-state index contributed by atoms with van der Waals surface area (Å²) in [6.07, 6.45) is -9.32. The molecular formula is C98H122N12O23. The molecule has 133 heavy (non-hydrogen) atoms. The maximum absolute atomic E-state index is 16.2. The minimum absolute atomic E-state index is 0.00355. The molecule has 13 N–H and O–H groups in total. The van der Waals surface area contributed by atoms with Crippen LogP contribution in [0.3, 0.4) is 0 Å². The van der Waals surface area contributed by atoms with Crippen LogP contribution in [-0.4, -0.2) is 248 Å². The number of esters is 3. The normalized spacial score (nSPS) is 31.4. The number of benzene rings is 5. The third kappa shape index (κ3) is 17.6. The molecule has 1 saturated carbocycles. The van der Waals surface area contributed by atoms with Crippen LogP contribution in [0.5, 0.6) is 11.5 Å². The third-order valence-corrected chi connectivity index (χ3v) is 28.5. The van der Waals surface area contributed by atoms with Gasteiger partial charge in [0.05, 0.1) is 59.8 Å². The molecule has 2 aliphatic carbocycles. The molecule has 0 radical (unpaired) electrons. The molecule has 0 aromatic heterocycles. The van der Waals surface area contributed by atoms with Gasteiger partial charge in [0.25, 0.3) is 17.7 Å². The zero-order valence-corrected chi connectivity index (χ0v) is 77.7. The molecule has 8 aliphatic heterocycles. The topological polar surface area (TPSA) is 486 Å². The first-order valence-corrected chi connectivity index (χ1v) is 46.2. The number of carbonyl (C=O) groups is 14. The van der Waals surface area contributed by atoms with Crippen molar-refractivity contribution in [1.29, 1.82) is 0 Å². The Morgan fingerprint density at radius 1 is 0.579 bits per heavy atom. The molecule has 15 rings (SSSR count). The summed E-state index contributed by atoms with van der Waals surface area (Å²) in [4.78, 5) is 216. The van der Waals surface area contributed by atoms with E-state index in [0.717, 1.165) is 21.2 Å². The minimum Gasteiger partial charge on any atom is -0.456 e. The number of rotatable bonds is 13. The summed E-state index contributed by atoms with van der Waals surface area (Å²) in [5.74, 6) is -20.1. The van der Waals surface area contributed by atoms with E-state index in [2.05, 4.69) is 42.6 Å². The van der Waals surface area contributed by atoms with Gasteiger partial charge in [-0.05, 0) is 165 Å². The van der Waals surface area contributed by atoms with Gasteiger partial charge in [-0.3, -0.25) is 57.7 Å². The number of ketones is 2. The highest BCUT2D eigenvalue weighted by atomic mass is 16.6. The SMILES string of the molecule is Cc1ccc2c(c1)Oc1cc(N(C)C)ccc1C21OC(=O)c2cc(C(=O)NC[C@@H]3NC(=O)[C@H]4C[C@@H](C)CCN4C(=O)[C@H](C(C)C)OC(=O)[C@@H](C(C)C)NC(=O)[C@@H]4C[C@@]5(O)c6cc(-c7ccc8c(c7)[C@]7(O)C[C@H]9C(=O)N[C@H](C(C)C)C(=O)O[C@@H](C(C)C)C(=O)N%10NC[C@H](O)C[C@@H]%10C(=O)N[C@@H](CC(C)C)C(=O)C[C@H]([C@H](C)O)C(=O)N9[C@@H]7C8)ccc6N[C@H]5C4C(=O)[C@@H]([C@H](C)O)NC3=O)ccc21. The number of β-amino-alcohol motifs (C(OH)–C–C–N with tert-alkyl or cyclic N) is 1. The summed E-state index contributed by atoms with van der Waals surface area (Å²) in [5, 5.41) is 82.7. The second-order valence-electron chi connectivity index (χ2n) is 40.1. The quantitative estimate of drug-likeness (QED) is 0.0585. The second-order valence-corrected chi connectivity index (χ2v) is 40.1. The smallest absolute Gasteiger partial charge is 0.340 e. The molecule has 2 unspecified atom stereocenters.